The van der Waals surface area contributed by atoms with Gasteiger partial charge >= 0.3 is 5.97 Å². The van der Waals surface area contributed by atoms with Gasteiger partial charge in [0, 0.05) is 16.5 Å². The van der Waals surface area contributed by atoms with E-state index in [4.69, 9.17) is 31.2 Å². The van der Waals surface area contributed by atoms with E-state index in [1.165, 1.54) is 17.3 Å². The summed E-state index contributed by atoms with van der Waals surface area (Å²) in [5, 5.41) is 9.30. The normalized spacial score (nSPS) is 14.5. The molecule has 3 aromatic carbocycles. The predicted octanol–water partition coefficient (Wildman–Crippen LogP) is 6.96. The number of halogens is 1. The molecular weight excluding hydrogens is 532 g/mol. The third kappa shape index (κ3) is 5.97. The van der Waals surface area contributed by atoms with Crippen LogP contribution in [0.25, 0.3) is 0 Å². The number of benzene rings is 3. The van der Waals surface area contributed by atoms with Crippen LogP contribution in [0.1, 0.15) is 42.1 Å². The van der Waals surface area contributed by atoms with Crippen LogP contribution in [0, 0.1) is 6.92 Å². The van der Waals surface area contributed by atoms with E-state index in [0.717, 1.165) is 22.4 Å². The molecule has 1 aromatic heterocycles. The third-order valence-electron chi connectivity index (χ3n) is 6.49. The van der Waals surface area contributed by atoms with Crippen LogP contribution in [0.5, 0.6) is 5.75 Å². The number of hydrogen-bond acceptors (Lipinski definition) is 7. The number of aromatic nitrogens is 3. The van der Waals surface area contributed by atoms with Gasteiger partial charge in [-0.05, 0) is 61.2 Å². The molecule has 2 heterocycles. The highest BCUT2D eigenvalue weighted by atomic mass is 35.5. The van der Waals surface area contributed by atoms with Crippen molar-refractivity contribution in [3.8, 4) is 5.75 Å². The lowest BCUT2D eigenvalue weighted by Crippen LogP contribution is -2.29. The zero-order valence-electron chi connectivity index (χ0n) is 22.0. The summed E-state index contributed by atoms with van der Waals surface area (Å²) >= 11 is 7.82. The molecule has 0 aliphatic carbocycles. The Bertz CT molecular complexity index is 1520. The molecule has 1 N–H and O–H groups in total. The summed E-state index contributed by atoms with van der Waals surface area (Å²) in [4.78, 5) is 17.8. The van der Waals surface area contributed by atoms with Gasteiger partial charge in [-0.3, -0.25) is 0 Å². The van der Waals surface area contributed by atoms with Crippen LogP contribution < -0.4 is 10.1 Å². The quantitative estimate of drug-likeness (QED) is 0.175. The summed E-state index contributed by atoms with van der Waals surface area (Å²) in [6, 6.07) is 23.1. The van der Waals surface area contributed by atoms with E-state index in [2.05, 4.69) is 24.4 Å². The SMILES string of the molecule is CCOC(=O)C1=C(C)Nc2nc(SCc3ccccc3Cl)nn2C1c1ccc(OCc2ccccc2C)cc1. The summed E-state index contributed by atoms with van der Waals surface area (Å²) in [7, 11) is 0. The Balaban J connectivity index is 1.42. The number of aryl methyl sites for hydroxylation is 1. The van der Waals surface area contributed by atoms with Gasteiger partial charge in [-0.1, -0.05) is 78.0 Å². The number of rotatable bonds is 9. The van der Waals surface area contributed by atoms with Gasteiger partial charge in [0.05, 0.1) is 12.2 Å². The Morgan fingerprint density at radius 1 is 1.03 bits per heavy atom. The Morgan fingerprint density at radius 2 is 1.74 bits per heavy atom. The molecular formula is C30H29ClN4O3S. The maximum Gasteiger partial charge on any atom is 0.338 e. The second-order valence-corrected chi connectivity index (χ2v) is 10.5. The molecule has 1 aliphatic heterocycles. The topological polar surface area (TPSA) is 78.3 Å². The van der Waals surface area contributed by atoms with Gasteiger partial charge in [0.2, 0.25) is 11.1 Å². The van der Waals surface area contributed by atoms with Crippen LogP contribution in [0.15, 0.2) is 89.2 Å². The van der Waals surface area contributed by atoms with Crippen molar-refractivity contribution in [1.29, 1.82) is 0 Å². The molecule has 7 nitrogen and oxygen atoms in total. The summed E-state index contributed by atoms with van der Waals surface area (Å²) in [6.45, 7) is 6.47. The first-order chi connectivity index (χ1) is 18.9. The van der Waals surface area contributed by atoms with Crippen molar-refractivity contribution in [3.05, 3.63) is 111 Å². The van der Waals surface area contributed by atoms with E-state index in [1.54, 1.807) is 11.6 Å². The standard InChI is InChI=1S/C30H29ClN4O3S/c1-4-37-28(36)26-20(3)32-29-33-30(39-18-23-11-7-8-12-25(23)31)34-35(29)27(26)21-13-15-24(16-14-21)38-17-22-10-6-5-9-19(22)2/h5-16,27H,4,17-18H2,1-3H3,(H,32,33,34). The van der Waals surface area contributed by atoms with Crippen molar-refractivity contribution in [1.82, 2.24) is 14.8 Å². The van der Waals surface area contributed by atoms with E-state index in [0.29, 0.717) is 39.8 Å². The minimum absolute atomic E-state index is 0.275. The molecule has 0 bridgehead atoms. The van der Waals surface area contributed by atoms with Crippen LogP contribution in [0.2, 0.25) is 5.02 Å². The number of hydrogen-bond donors (Lipinski definition) is 1. The molecule has 0 amide bonds. The molecule has 5 rings (SSSR count). The molecule has 0 radical (unpaired) electrons. The van der Waals surface area contributed by atoms with Crippen LogP contribution >= 0.6 is 23.4 Å². The van der Waals surface area contributed by atoms with Gasteiger partial charge in [0.25, 0.3) is 0 Å². The zero-order chi connectivity index (χ0) is 27.4. The number of esters is 1. The highest BCUT2D eigenvalue weighted by Gasteiger charge is 2.35. The highest BCUT2D eigenvalue weighted by Crippen LogP contribution is 2.38. The second-order valence-electron chi connectivity index (χ2n) is 9.11. The maximum atomic E-state index is 13.1. The van der Waals surface area contributed by atoms with E-state index in [1.807, 2.05) is 67.6 Å². The molecule has 0 spiro atoms. The number of nitrogens with zero attached hydrogens (tertiary/aromatic N) is 3. The van der Waals surface area contributed by atoms with E-state index in [-0.39, 0.29) is 6.61 Å². The third-order valence-corrected chi connectivity index (χ3v) is 7.75. The van der Waals surface area contributed by atoms with Crippen molar-refractivity contribution in [2.45, 2.75) is 44.3 Å². The van der Waals surface area contributed by atoms with E-state index >= 15 is 0 Å². The number of allylic oxidation sites excluding steroid dienone is 1. The number of anilines is 1. The summed E-state index contributed by atoms with van der Waals surface area (Å²) in [5.41, 5.74) is 5.37. The van der Waals surface area contributed by atoms with Gasteiger partial charge in [-0.2, -0.15) is 4.98 Å². The highest BCUT2D eigenvalue weighted by molar-refractivity contribution is 7.98. The molecule has 39 heavy (non-hydrogen) atoms. The Morgan fingerprint density at radius 3 is 2.46 bits per heavy atom. The first-order valence-corrected chi connectivity index (χ1v) is 14.1. The molecule has 4 aromatic rings. The van der Waals surface area contributed by atoms with E-state index < -0.39 is 12.0 Å². The lowest BCUT2D eigenvalue weighted by atomic mass is 9.96. The minimum atomic E-state index is -0.507. The van der Waals surface area contributed by atoms with Crippen molar-refractivity contribution >= 4 is 35.3 Å². The fourth-order valence-electron chi connectivity index (χ4n) is 4.41. The number of carbonyl (C=O) groups excluding carboxylic acids is 1. The molecule has 1 aliphatic rings. The molecule has 0 saturated heterocycles. The monoisotopic (exact) mass is 560 g/mol. The molecule has 0 fully saturated rings. The van der Waals surface area contributed by atoms with Crippen LogP contribution in [0.4, 0.5) is 5.95 Å². The molecule has 1 unspecified atom stereocenters. The van der Waals surface area contributed by atoms with Gasteiger partial charge < -0.3 is 14.8 Å². The first-order valence-electron chi connectivity index (χ1n) is 12.7. The average molecular weight is 561 g/mol. The van der Waals surface area contributed by atoms with Crippen LogP contribution in [0.3, 0.4) is 0 Å². The molecule has 0 saturated carbocycles. The van der Waals surface area contributed by atoms with Gasteiger partial charge in [-0.25, -0.2) is 9.48 Å². The Labute approximate surface area is 237 Å². The molecule has 1 atom stereocenters. The van der Waals surface area contributed by atoms with E-state index in [9.17, 15) is 4.79 Å². The van der Waals surface area contributed by atoms with Gasteiger partial charge in [-0.15, -0.1) is 5.10 Å². The van der Waals surface area contributed by atoms with Crippen LogP contribution in [-0.2, 0) is 21.9 Å². The van der Waals surface area contributed by atoms with Gasteiger partial charge in [0.15, 0.2) is 0 Å². The Hall–Kier alpha value is -3.75. The molecule has 200 valence electrons. The van der Waals surface area contributed by atoms with Crippen molar-refractivity contribution in [2.75, 3.05) is 11.9 Å². The lowest BCUT2D eigenvalue weighted by molar-refractivity contribution is -0.139. The smallest absolute Gasteiger partial charge is 0.338 e. The maximum absolute atomic E-state index is 13.1. The average Bonchev–Trinajstić information content (AvgIpc) is 3.34. The predicted molar refractivity (Wildman–Crippen MR) is 154 cm³/mol. The number of nitrogens with one attached hydrogen (secondary N) is 1. The summed E-state index contributed by atoms with van der Waals surface area (Å²) in [5.74, 6) is 1.53. The first kappa shape index (κ1) is 26.8. The van der Waals surface area contributed by atoms with Crippen molar-refractivity contribution in [2.24, 2.45) is 0 Å². The Kier molecular flexibility index (Phi) is 8.24. The number of carbonyl (C=O) groups is 1. The number of fused-ring (bicyclic) bond motifs is 1. The number of thioether (sulfide) groups is 1. The summed E-state index contributed by atoms with van der Waals surface area (Å²) in [6.07, 6.45) is 0. The zero-order valence-corrected chi connectivity index (χ0v) is 23.6. The van der Waals surface area contributed by atoms with Gasteiger partial charge in [0.1, 0.15) is 18.4 Å². The number of ether oxygens (including phenoxy) is 2. The largest absolute Gasteiger partial charge is 0.489 e. The fraction of sp³-hybridized carbons (Fsp3) is 0.233. The molecule has 9 heteroatoms. The lowest BCUT2D eigenvalue weighted by Gasteiger charge is -2.28. The fourth-order valence-corrected chi connectivity index (χ4v) is 5.53. The van der Waals surface area contributed by atoms with Crippen molar-refractivity contribution < 1.29 is 14.3 Å². The minimum Gasteiger partial charge on any atom is -0.489 e. The second kappa shape index (κ2) is 12.0. The van der Waals surface area contributed by atoms with Crippen molar-refractivity contribution in [3.63, 3.8) is 0 Å². The summed E-state index contributed by atoms with van der Waals surface area (Å²) < 4.78 is 13.2. The van der Waals surface area contributed by atoms with Crippen LogP contribution in [-0.4, -0.2) is 27.3 Å².